The lowest BCUT2D eigenvalue weighted by atomic mass is 9.93. The largest absolute Gasteiger partial charge is 0.444 e. The number of amides is 1. The molecule has 0 saturated carbocycles. The first-order chi connectivity index (χ1) is 8.69. The van der Waals surface area contributed by atoms with E-state index in [1.807, 2.05) is 20.8 Å². The molecule has 1 aliphatic heterocycles. The average molecular weight is 270 g/mol. The molecule has 1 fully saturated rings. The van der Waals surface area contributed by atoms with Gasteiger partial charge in [-0.25, -0.2) is 4.79 Å². The smallest absolute Gasteiger partial charge is 0.410 e. The van der Waals surface area contributed by atoms with Gasteiger partial charge in [0.25, 0.3) is 0 Å². The Bertz CT molecular complexity index is 297. The SMILES string of the molecule is CC(C)CCC(N)C1CCN(C(=O)OC(C)(C)C)C1. The van der Waals surface area contributed by atoms with Crippen LogP contribution in [0, 0.1) is 11.8 Å². The molecule has 0 aromatic rings. The van der Waals surface area contributed by atoms with Crippen LogP contribution in [-0.2, 0) is 4.74 Å². The second-order valence-electron chi connectivity index (χ2n) is 7.11. The molecule has 0 aromatic heterocycles. The van der Waals surface area contributed by atoms with Crippen molar-refractivity contribution in [2.24, 2.45) is 17.6 Å². The van der Waals surface area contributed by atoms with Gasteiger partial charge in [-0.3, -0.25) is 0 Å². The quantitative estimate of drug-likeness (QED) is 0.854. The first-order valence-electron chi connectivity index (χ1n) is 7.42. The molecule has 112 valence electrons. The highest BCUT2D eigenvalue weighted by Crippen LogP contribution is 2.24. The molecule has 1 saturated heterocycles. The molecule has 0 radical (unpaired) electrons. The molecule has 19 heavy (non-hydrogen) atoms. The van der Waals surface area contributed by atoms with E-state index in [1.165, 1.54) is 0 Å². The normalized spacial score (nSPS) is 21.8. The number of carbonyl (C=O) groups excluding carboxylic acids is 1. The Morgan fingerprint density at radius 2 is 2.00 bits per heavy atom. The highest BCUT2D eigenvalue weighted by atomic mass is 16.6. The number of nitrogens with two attached hydrogens (primary N) is 1. The zero-order valence-electron chi connectivity index (χ0n) is 13.1. The number of ether oxygens (including phenoxy) is 1. The van der Waals surface area contributed by atoms with Gasteiger partial charge in [-0.05, 0) is 51.9 Å². The summed E-state index contributed by atoms with van der Waals surface area (Å²) in [6, 6.07) is 0.204. The minimum Gasteiger partial charge on any atom is -0.444 e. The number of nitrogens with zero attached hydrogens (tertiary/aromatic N) is 1. The monoisotopic (exact) mass is 270 g/mol. The Morgan fingerprint density at radius 3 is 2.53 bits per heavy atom. The van der Waals surface area contributed by atoms with Crippen LogP contribution >= 0.6 is 0 Å². The molecular weight excluding hydrogens is 240 g/mol. The molecule has 4 nitrogen and oxygen atoms in total. The van der Waals surface area contributed by atoms with E-state index in [4.69, 9.17) is 10.5 Å². The average Bonchev–Trinajstić information content (AvgIpc) is 2.72. The standard InChI is InChI=1S/C15H30N2O2/c1-11(2)6-7-13(16)12-8-9-17(10-12)14(18)19-15(3,4)5/h11-13H,6-10,16H2,1-5H3. The van der Waals surface area contributed by atoms with Crippen molar-refractivity contribution in [3.63, 3.8) is 0 Å². The van der Waals surface area contributed by atoms with Gasteiger partial charge in [0.15, 0.2) is 0 Å². The third-order valence-electron chi connectivity index (χ3n) is 3.56. The van der Waals surface area contributed by atoms with Crippen LogP contribution in [0.1, 0.15) is 53.9 Å². The fraction of sp³-hybridized carbons (Fsp3) is 0.933. The van der Waals surface area contributed by atoms with E-state index >= 15 is 0 Å². The molecule has 1 aliphatic rings. The summed E-state index contributed by atoms with van der Waals surface area (Å²) in [5.74, 6) is 1.11. The maximum Gasteiger partial charge on any atom is 0.410 e. The second-order valence-corrected chi connectivity index (χ2v) is 7.11. The molecule has 2 unspecified atom stereocenters. The Morgan fingerprint density at radius 1 is 1.37 bits per heavy atom. The fourth-order valence-corrected chi connectivity index (χ4v) is 2.39. The summed E-state index contributed by atoms with van der Waals surface area (Å²) < 4.78 is 5.39. The number of carbonyl (C=O) groups is 1. The van der Waals surface area contributed by atoms with Crippen LogP contribution in [-0.4, -0.2) is 35.7 Å². The van der Waals surface area contributed by atoms with E-state index < -0.39 is 5.60 Å². The van der Waals surface area contributed by atoms with E-state index in [2.05, 4.69) is 13.8 Å². The van der Waals surface area contributed by atoms with Crippen LogP contribution in [0.4, 0.5) is 4.79 Å². The van der Waals surface area contributed by atoms with Gasteiger partial charge in [0.1, 0.15) is 5.60 Å². The number of hydrogen-bond acceptors (Lipinski definition) is 3. The van der Waals surface area contributed by atoms with Gasteiger partial charge >= 0.3 is 6.09 Å². The summed E-state index contributed by atoms with van der Waals surface area (Å²) in [6.07, 6.45) is 3.00. The topological polar surface area (TPSA) is 55.6 Å². The van der Waals surface area contributed by atoms with Gasteiger partial charge in [0, 0.05) is 19.1 Å². The van der Waals surface area contributed by atoms with Gasteiger partial charge < -0.3 is 15.4 Å². The van der Waals surface area contributed by atoms with Crippen LogP contribution in [0.25, 0.3) is 0 Å². The lowest BCUT2D eigenvalue weighted by Gasteiger charge is -2.25. The van der Waals surface area contributed by atoms with Gasteiger partial charge in [-0.1, -0.05) is 13.8 Å². The highest BCUT2D eigenvalue weighted by molar-refractivity contribution is 5.68. The van der Waals surface area contributed by atoms with Crippen molar-refractivity contribution in [2.45, 2.75) is 65.5 Å². The molecule has 0 bridgehead atoms. The van der Waals surface area contributed by atoms with Crippen LogP contribution in [0.2, 0.25) is 0 Å². The van der Waals surface area contributed by atoms with Crippen molar-refractivity contribution in [3.8, 4) is 0 Å². The van der Waals surface area contributed by atoms with Crippen LogP contribution in [0.3, 0.4) is 0 Å². The highest BCUT2D eigenvalue weighted by Gasteiger charge is 2.32. The summed E-state index contributed by atoms with van der Waals surface area (Å²) in [4.78, 5) is 13.8. The minimum atomic E-state index is -0.422. The molecule has 0 spiro atoms. The van der Waals surface area contributed by atoms with Crippen molar-refractivity contribution in [3.05, 3.63) is 0 Å². The zero-order chi connectivity index (χ0) is 14.6. The maximum atomic E-state index is 12.0. The molecule has 0 aromatic carbocycles. The van der Waals surface area contributed by atoms with Gasteiger partial charge in [0.2, 0.25) is 0 Å². The Hall–Kier alpha value is -0.770. The fourth-order valence-electron chi connectivity index (χ4n) is 2.39. The summed E-state index contributed by atoms with van der Waals surface area (Å²) >= 11 is 0. The maximum absolute atomic E-state index is 12.0. The summed E-state index contributed by atoms with van der Waals surface area (Å²) in [5, 5.41) is 0. The third-order valence-corrected chi connectivity index (χ3v) is 3.56. The predicted octanol–water partition coefficient (Wildman–Crippen LogP) is 3.01. The predicted molar refractivity (Wildman–Crippen MR) is 78.0 cm³/mol. The molecular formula is C15H30N2O2. The lowest BCUT2D eigenvalue weighted by Crippen LogP contribution is -2.37. The molecule has 2 atom stereocenters. The molecule has 1 amide bonds. The second kappa shape index (κ2) is 6.60. The Labute approximate surface area is 117 Å². The van der Waals surface area contributed by atoms with E-state index in [0.29, 0.717) is 11.8 Å². The lowest BCUT2D eigenvalue weighted by molar-refractivity contribution is 0.0286. The van der Waals surface area contributed by atoms with Crippen LogP contribution < -0.4 is 5.73 Å². The van der Waals surface area contributed by atoms with E-state index in [1.54, 1.807) is 4.90 Å². The molecule has 4 heteroatoms. The van der Waals surface area contributed by atoms with Crippen molar-refractivity contribution in [1.82, 2.24) is 4.90 Å². The zero-order valence-corrected chi connectivity index (χ0v) is 13.1. The summed E-state index contributed by atoms with van der Waals surface area (Å²) in [7, 11) is 0. The molecule has 0 aliphatic carbocycles. The van der Waals surface area contributed by atoms with Gasteiger partial charge in [-0.15, -0.1) is 0 Å². The first-order valence-corrected chi connectivity index (χ1v) is 7.42. The Balaban J connectivity index is 2.38. The van der Waals surface area contributed by atoms with Crippen LogP contribution in [0.15, 0.2) is 0 Å². The molecule has 1 heterocycles. The number of hydrogen-bond donors (Lipinski definition) is 1. The van der Waals surface area contributed by atoms with Gasteiger partial charge in [-0.2, -0.15) is 0 Å². The molecule has 1 rings (SSSR count). The van der Waals surface area contributed by atoms with E-state index in [9.17, 15) is 4.79 Å². The Kier molecular flexibility index (Phi) is 5.65. The van der Waals surface area contributed by atoms with Gasteiger partial charge in [0.05, 0.1) is 0 Å². The van der Waals surface area contributed by atoms with E-state index in [-0.39, 0.29) is 12.1 Å². The first kappa shape index (κ1) is 16.3. The van der Waals surface area contributed by atoms with Crippen molar-refractivity contribution in [2.75, 3.05) is 13.1 Å². The van der Waals surface area contributed by atoms with Crippen LogP contribution in [0.5, 0.6) is 0 Å². The number of likely N-dealkylation sites (tertiary alicyclic amines) is 1. The summed E-state index contributed by atoms with van der Waals surface area (Å²) in [5.41, 5.74) is 5.82. The number of rotatable bonds is 4. The minimum absolute atomic E-state index is 0.203. The van der Waals surface area contributed by atoms with Crippen molar-refractivity contribution < 1.29 is 9.53 Å². The van der Waals surface area contributed by atoms with E-state index in [0.717, 1.165) is 32.4 Å². The third kappa shape index (κ3) is 5.81. The van der Waals surface area contributed by atoms with Crippen molar-refractivity contribution >= 4 is 6.09 Å². The van der Waals surface area contributed by atoms with Crippen molar-refractivity contribution in [1.29, 1.82) is 0 Å². The summed E-state index contributed by atoms with van der Waals surface area (Å²) in [6.45, 7) is 11.6. The molecule has 2 N–H and O–H groups in total.